The molecule has 0 saturated heterocycles. The number of amides is 1. The Balaban J connectivity index is 1.43. The van der Waals surface area contributed by atoms with E-state index in [0.717, 1.165) is 16.5 Å². The molecule has 6 rings (SSSR count). The number of methoxy groups -OCH3 is 5. The van der Waals surface area contributed by atoms with Crippen molar-refractivity contribution in [1.29, 1.82) is 0 Å². The average Bonchev–Trinajstić information content (AvgIpc) is 3.68. The van der Waals surface area contributed by atoms with Crippen molar-refractivity contribution < 1.29 is 53.0 Å². The van der Waals surface area contributed by atoms with Gasteiger partial charge in [0, 0.05) is 60.0 Å². The van der Waals surface area contributed by atoms with E-state index in [4.69, 9.17) is 40.0 Å². The largest absolute Gasteiger partial charge is 0.508 e. The molecular formula is C38H39ClN2O11. The predicted molar refractivity (Wildman–Crippen MR) is 191 cm³/mol. The Labute approximate surface area is 304 Å². The number of benzene rings is 3. The van der Waals surface area contributed by atoms with Gasteiger partial charge in [-0.1, -0.05) is 18.5 Å². The lowest BCUT2D eigenvalue weighted by Gasteiger charge is -2.38. The quantitative estimate of drug-likeness (QED) is 0.138. The van der Waals surface area contributed by atoms with Crippen LogP contribution in [0.4, 0.5) is 0 Å². The van der Waals surface area contributed by atoms with Crippen LogP contribution < -0.4 is 33.7 Å². The molecule has 1 unspecified atom stereocenters. The van der Waals surface area contributed by atoms with Gasteiger partial charge in [-0.25, -0.2) is 0 Å². The molecule has 1 aromatic heterocycles. The lowest BCUT2D eigenvalue weighted by molar-refractivity contribution is -0.121. The van der Waals surface area contributed by atoms with Gasteiger partial charge in [-0.05, 0) is 47.9 Å². The fourth-order valence-corrected chi connectivity index (χ4v) is 7.46. The number of carbonyl (C=O) groups excluding carboxylic acids is 3. The van der Waals surface area contributed by atoms with Gasteiger partial charge in [0.25, 0.3) is 0 Å². The van der Waals surface area contributed by atoms with Crippen LogP contribution in [0.5, 0.6) is 40.2 Å². The maximum Gasteiger partial charge on any atom is 0.231 e. The molecule has 4 aromatic rings. The average molecular weight is 735 g/mol. The molecule has 14 heteroatoms. The molecule has 1 spiro atoms. The van der Waals surface area contributed by atoms with Gasteiger partial charge in [-0.2, -0.15) is 0 Å². The monoisotopic (exact) mass is 734 g/mol. The highest BCUT2D eigenvalue weighted by Gasteiger charge is 2.61. The minimum absolute atomic E-state index is 0.00641. The van der Waals surface area contributed by atoms with E-state index in [1.165, 1.54) is 41.6 Å². The summed E-state index contributed by atoms with van der Waals surface area (Å²) in [6, 6.07) is 9.62. The maximum absolute atomic E-state index is 14.4. The van der Waals surface area contributed by atoms with E-state index in [9.17, 15) is 24.6 Å². The third-order valence-corrected chi connectivity index (χ3v) is 10.2. The van der Waals surface area contributed by atoms with Crippen LogP contribution in [0.15, 0.2) is 53.9 Å². The molecule has 1 aliphatic carbocycles. The van der Waals surface area contributed by atoms with E-state index in [-0.39, 0.29) is 75.8 Å². The van der Waals surface area contributed by atoms with Gasteiger partial charge in [0.1, 0.15) is 27.8 Å². The second kappa shape index (κ2) is 14.2. The third kappa shape index (κ3) is 5.88. The number of allylic oxidation sites excluding steroid dienone is 1. The normalized spacial score (nSPS) is 18.6. The number of aliphatic hydroxyl groups is 1. The first-order valence-corrected chi connectivity index (χ1v) is 16.8. The standard InChI is InChI=1S/C38H39ClN2O11/c1-18-11-25(43)31(36(45)38(18)37(46)32-26(47-2)16-27(48-3)33(39)35(32)52-38)23(20-12-28(49-4)34(51-6)29(13-20)50-5)15-30(44)40-10-9-19-17-41-24-8-7-21(42)14-22(19)24/h7-8,12-14,16-18,23,41-42,45H,9-11,15H2,1-6H3,(H,40,44)/t18-,23?,38+/m1/s1. The number of phenols is 1. The highest BCUT2D eigenvalue weighted by molar-refractivity contribution is 6.35. The summed E-state index contributed by atoms with van der Waals surface area (Å²) in [5, 5.41) is 26.0. The number of ether oxygens (including phenoxy) is 6. The number of Topliss-reactive ketones (excluding diaryl/α,β-unsaturated/α-hetero) is 2. The highest BCUT2D eigenvalue weighted by atomic mass is 35.5. The van der Waals surface area contributed by atoms with Crippen molar-refractivity contribution in [3.63, 3.8) is 0 Å². The van der Waals surface area contributed by atoms with Crippen LogP contribution in [0.25, 0.3) is 10.9 Å². The van der Waals surface area contributed by atoms with E-state index in [0.29, 0.717) is 12.0 Å². The molecule has 1 aliphatic heterocycles. The molecule has 0 bridgehead atoms. The second-order valence-corrected chi connectivity index (χ2v) is 13.0. The summed E-state index contributed by atoms with van der Waals surface area (Å²) in [6.07, 6.45) is 1.73. The summed E-state index contributed by atoms with van der Waals surface area (Å²) in [6.45, 7) is 1.85. The summed E-state index contributed by atoms with van der Waals surface area (Å²) >= 11 is 6.63. The predicted octanol–water partition coefficient (Wildman–Crippen LogP) is 5.84. The molecule has 3 atom stereocenters. The summed E-state index contributed by atoms with van der Waals surface area (Å²) in [7, 11) is 7.08. The topological polar surface area (TPSA) is 175 Å². The minimum Gasteiger partial charge on any atom is -0.508 e. The first-order valence-electron chi connectivity index (χ1n) is 16.4. The van der Waals surface area contributed by atoms with Crippen LogP contribution in [-0.2, 0) is 16.0 Å². The number of aromatic hydroxyl groups is 1. The fraction of sp³-hybridized carbons (Fsp3) is 0.342. The van der Waals surface area contributed by atoms with Gasteiger partial charge in [0.05, 0.1) is 35.5 Å². The smallest absolute Gasteiger partial charge is 0.231 e. The number of hydrogen-bond donors (Lipinski definition) is 4. The zero-order chi connectivity index (χ0) is 37.5. The van der Waals surface area contributed by atoms with Gasteiger partial charge in [-0.15, -0.1) is 0 Å². The van der Waals surface area contributed by atoms with E-state index >= 15 is 0 Å². The van der Waals surface area contributed by atoms with Crippen molar-refractivity contribution in [2.45, 2.75) is 37.7 Å². The van der Waals surface area contributed by atoms with Gasteiger partial charge in [0.15, 0.2) is 28.8 Å². The number of carbonyl (C=O) groups is 3. The van der Waals surface area contributed by atoms with Crippen molar-refractivity contribution in [1.82, 2.24) is 10.3 Å². The van der Waals surface area contributed by atoms with Crippen molar-refractivity contribution in [2.75, 3.05) is 42.1 Å². The van der Waals surface area contributed by atoms with Crippen molar-refractivity contribution >= 4 is 40.0 Å². The Kier molecular flexibility index (Phi) is 9.91. The number of fused-ring (bicyclic) bond motifs is 2. The number of phenolic OH excluding ortho intramolecular Hbond substituents is 1. The number of halogens is 1. The molecule has 2 heterocycles. The Morgan fingerprint density at radius 1 is 0.981 bits per heavy atom. The Hall–Kier alpha value is -5.56. The minimum atomic E-state index is -2.06. The highest BCUT2D eigenvalue weighted by Crippen LogP contribution is 2.56. The summed E-state index contributed by atoms with van der Waals surface area (Å²) in [5.41, 5.74) is -0.160. The van der Waals surface area contributed by atoms with E-state index in [2.05, 4.69) is 10.3 Å². The molecule has 274 valence electrons. The Morgan fingerprint density at radius 2 is 1.65 bits per heavy atom. The van der Waals surface area contributed by atoms with Crippen LogP contribution >= 0.6 is 11.6 Å². The van der Waals surface area contributed by atoms with Crippen LogP contribution in [0, 0.1) is 5.92 Å². The Morgan fingerprint density at radius 3 is 2.29 bits per heavy atom. The molecular weight excluding hydrogens is 696 g/mol. The second-order valence-electron chi connectivity index (χ2n) is 12.6. The van der Waals surface area contributed by atoms with E-state index < -0.39 is 40.7 Å². The molecule has 4 N–H and O–H groups in total. The van der Waals surface area contributed by atoms with Gasteiger partial charge >= 0.3 is 0 Å². The van der Waals surface area contributed by atoms with Crippen molar-refractivity contribution in [3.05, 3.63) is 75.6 Å². The van der Waals surface area contributed by atoms with Crippen LogP contribution in [0.3, 0.4) is 0 Å². The third-order valence-electron chi connectivity index (χ3n) is 9.81. The number of H-pyrrole nitrogens is 1. The number of aliphatic hydroxyl groups excluding tert-OH is 1. The van der Waals surface area contributed by atoms with Crippen LogP contribution in [-0.4, -0.2) is 80.4 Å². The number of nitrogens with one attached hydrogen (secondary N) is 2. The summed E-state index contributed by atoms with van der Waals surface area (Å²) in [4.78, 5) is 45.5. The lowest BCUT2D eigenvalue weighted by Crippen LogP contribution is -2.53. The van der Waals surface area contributed by atoms with E-state index in [1.54, 1.807) is 37.3 Å². The molecule has 0 fully saturated rings. The van der Waals surface area contributed by atoms with Gasteiger partial charge in [-0.3, -0.25) is 14.4 Å². The zero-order valence-electron chi connectivity index (χ0n) is 29.5. The maximum atomic E-state index is 14.4. The van der Waals surface area contributed by atoms with Crippen LogP contribution in [0.1, 0.15) is 47.2 Å². The zero-order valence-corrected chi connectivity index (χ0v) is 30.2. The lowest BCUT2D eigenvalue weighted by atomic mass is 9.69. The molecule has 52 heavy (non-hydrogen) atoms. The molecule has 1 amide bonds. The first-order chi connectivity index (χ1) is 24.9. The number of ketones is 2. The molecule has 3 aromatic carbocycles. The van der Waals surface area contributed by atoms with E-state index in [1.807, 2.05) is 6.20 Å². The van der Waals surface area contributed by atoms with Crippen molar-refractivity contribution in [2.24, 2.45) is 5.92 Å². The number of rotatable bonds is 12. The van der Waals surface area contributed by atoms with Crippen LogP contribution in [0.2, 0.25) is 5.02 Å². The molecule has 0 radical (unpaired) electrons. The summed E-state index contributed by atoms with van der Waals surface area (Å²) < 4.78 is 33.9. The summed E-state index contributed by atoms with van der Waals surface area (Å²) in [5.74, 6) is -3.04. The SMILES string of the molecule is COc1cc(OC)c2c(c1Cl)O[C@]1(C2=O)C(O)=C(C(CC(=O)NCCc2c[nH]c3ccc(O)cc23)c2cc(OC)c(OC)c(OC)c2)C(=O)C[C@H]1C. The first kappa shape index (κ1) is 36.2. The van der Waals surface area contributed by atoms with Gasteiger partial charge < -0.3 is 48.9 Å². The molecule has 0 saturated carbocycles. The molecule has 2 aliphatic rings. The number of aromatic nitrogens is 1. The molecule has 13 nitrogen and oxygen atoms in total. The van der Waals surface area contributed by atoms with Gasteiger partial charge in [0.2, 0.25) is 23.0 Å². The number of hydrogen-bond acceptors (Lipinski definition) is 11. The van der Waals surface area contributed by atoms with Crippen molar-refractivity contribution in [3.8, 4) is 40.2 Å². The Bertz CT molecular complexity index is 2100. The fourth-order valence-electron chi connectivity index (χ4n) is 7.19. The number of aromatic amines is 1.